The highest BCUT2D eigenvalue weighted by Crippen LogP contribution is 2.38. The minimum atomic E-state index is -4.50. The van der Waals surface area contributed by atoms with Crippen LogP contribution in [0.3, 0.4) is 0 Å². The molecule has 0 saturated heterocycles. The average Bonchev–Trinajstić information content (AvgIpc) is 2.83. The number of allylic oxidation sites excluding steroid dienone is 1. The van der Waals surface area contributed by atoms with Crippen LogP contribution in [-0.2, 0) is 6.18 Å². The number of hydrogen-bond acceptors (Lipinski definition) is 8. The number of hydrogen-bond donors (Lipinski definition) is 5. The predicted octanol–water partition coefficient (Wildman–Crippen LogP) is 3.95. The van der Waals surface area contributed by atoms with E-state index in [0.717, 1.165) is 18.3 Å². The van der Waals surface area contributed by atoms with Crippen molar-refractivity contribution in [2.75, 3.05) is 30.0 Å². The van der Waals surface area contributed by atoms with Crippen molar-refractivity contribution >= 4 is 35.2 Å². The molecule has 0 aliphatic carbocycles. The largest absolute Gasteiger partial charge is 0.416 e. The minimum Gasteiger partial charge on any atom is -0.372 e. The van der Waals surface area contributed by atoms with Crippen LogP contribution in [-0.4, -0.2) is 35.2 Å². The summed E-state index contributed by atoms with van der Waals surface area (Å²) in [5.41, 5.74) is 0.491. The van der Waals surface area contributed by atoms with E-state index >= 15 is 0 Å². The molecule has 3 aromatic rings. The van der Waals surface area contributed by atoms with E-state index in [-0.39, 0.29) is 23.3 Å². The number of nitrogens with one attached hydrogen (secondary N) is 4. The number of rotatable bonds is 9. The van der Waals surface area contributed by atoms with Gasteiger partial charge in [0.1, 0.15) is 23.5 Å². The predicted molar refractivity (Wildman–Crippen MR) is 127 cm³/mol. The van der Waals surface area contributed by atoms with Gasteiger partial charge in [0.25, 0.3) is 5.69 Å². The van der Waals surface area contributed by atoms with Gasteiger partial charge in [0, 0.05) is 31.1 Å². The van der Waals surface area contributed by atoms with Crippen LogP contribution in [0, 0.1) is 15.5 Å². The van der Waals surface area contributed by atoms with E-state index in [0.29, 0.717) is 22.5 Å². The van der Waals surface area contributed by atoms with Gasteiger partial charge in [-0.25, -0.2) is 0 Å². The number of nitrogens with zero attached hydrogens (tertiary/aromatic N) is 3. The Labute approximate surface area is 198 Å². The molecule has 0 aliphatic rings. The SMILES string of the molecule is CNc1nc(N/C(C=N)=C/[NH2+]C)nc(Nc2cccc([N+](=O)[O-])c2)c1-c1ccc(C(F)(F)F)cc1. The minimum absolute atomic E-state index is 0.0922. The van der Waals surface area contributed by atoms with Crippen molar-refractivity contribution in [2.45, 2.75) is 6.18 Å². The molecule has 0 aliphatic heterocycles. The van der Waals surface area contributed by atoms with Gasteiger partial charge in [0.15, 0.2) is 0 Å². The van der Waals surface area contributed by atoms with E-state index in [1.807, 2.05) is 0 Å². The molecule has 0 fully saturated rings. The molecule has 35 heavy (non-hydrogen) atoms. The molecular weight excluding hydrogens is 465 g/mol. The number of halogens is 3. The molecule has 13 heteroatoms. The van der Waals surface area contributed by atoms with Crippen molar-refractivity contribution in [1.82, 2.24) is 9.97 Å². The summed E-state index contributed by atoms with van der Waals surface area (Å²) in [7, 11) is 3.36. The van der Waals surface area contributed by atoms with E-state index in [1.54, 1.807) is 31.7 Å². The number of alkyl halides is 3. The molecular formula is C22H22F3N8O2+. The summed E-state index contributed by atoms with van der Waals surface area (Å²) in [6.45, 7) is 0. The van der Waals surface area contributed by atoms with Crippen molar-refractivity contribution < 1.29 is 23.4 Å². The van der Waals surface area contributed by atoms with E-state index < -0.39 is 16.7 Å². The van der Waals surface area contributed by atoms with Crippen molar-refractivity contribution in [3.8, 4) is 11.1 Å². The third kappa shape index (κ3) is 6.09. The van der Waals surface area contributed by atoms with Gasteiger partial charge in [-0.15, -0.1) is 0 Å². The van der Waals surface area contributed by atoms with Gasteiger partial charge in [-0.1, -0.05) is 18.2 Å². The van der Waals surface area contributed by atoms with Crippen LogP contribution in [0.15, 0.2) is 60.4 Å². The molecule has 0 spiro atoms. The van der Waals surface area contributed by atoms with E-state index in [1.165, 1.54) is 30.3 Å². The van der Waals surface area contributed by atoms with Gasteiger partial charge in [0.05, 0.1) is 23.1 Å². The standard InChI is InChI=1S/C22H21F3N8O2/c1-27-12-16(11-26)30-21-31-19(28-2)18(13-6-8-14(9-7-13)22(23,24)25)20(32-21)29-15-4-3-5-17(10-15)33(34)35/h3-12,26-27H,1-2H3,(H3,28,29,30,31,32)/p+1/b16-12+,26-11?. The summed E-state index contributed by atoms with van der Waals surface area (Å²) in [4.78, 5) is 19.5. The molecule has 0 saturated carbocycles. The lowest BCUT2D eigenvalue weighted by Crippen LogP contribution is -2.73. The molecule has 3 rings (SSSR count). The number of nitro groups is 1. The Morgan fingerprint density at radius 2 is 1.83 bits per heavy atom. The smallest absolute Gasteiger partial charge is 0.372 e. The van der Waals surface area contributed by atoms with Crippen LogP contribution in [0.2, 0.25) is 0 Å². The van der Waals surface area contributed by atoms with Crippen molar-refractivity contribution in [2.24, 2.45) is 0 Å². The fourth-order valence-corrected chi connectivity index (χ4v) is 3.16. The van der Waals surface area contributed by atoms with Gasteiger partial charge >= 0.3 is 6.18 Å². The zero-order valence-corrected chi connectivity index (χ0v) is 18.6. The maximum Gasteiger partial charge on any atom is 0.416 e. The molecule has 182 valence electrons. The second kappa shape index (κ2) is 10.6. The number of anilines is 4. The van der Waals surface area contributed by atoms with Crippen LogP contribution in [0.4, 0.5) is 42.1 Å². The first-order chi connectivity index (χ1) is 16.7. The summed E-state index contributed by atoms with van der Waals surface area (Å²) in [5, 5.41) is 29.3. The molecule has 0 radical (unpaired) electrons. The third-order valence-corrected chi connectivity index (χ3v) is 4.72. The summed E-state index contributed by atoms with van der Waals surface area (Å²) in [6, 6.07) is 10.2. The first-order valence-electron chi connectivity index (χ1n) is 10.2. The van der Waals surface area contributed by atoms with Gasteiger partial charge in [-0.3, -0.25) is 10.1 Å². The third-order valence-electron chi connectivity index (χ3n) is 4.72. The molecule has 1 heterocycles. The van der Waals surface area contributed by atoms with Crippen LogP contribution >= 0.6 is 0 Å². The lowest BCUT2D eigenvalue weighted by Gasteiger charge is -2.17. The summed E-state index contributed by atoms with van der Waals surface area (Å²) >= 11 is 0. The van der Waals surface area contributed by atoms with E-state index in [2.05, 4.69) is 25.9 Å². The molecule has 0 unspecified atom stereocenters. The molecule has 6 N–H and O–H groups in total. The fourth-order valence-electron chi connectivity index (χ4n) is 3.16. The van der Waals surface area contributed by atoms with Gasteiger partial charge in [-0.2, -0.15) is 23.1 Å². The van der Waals surface area contributed by atoms with Crippen LogP contribution < -0.4 is 21.3 Å². The Balaban J connectivity index is 2.16. The first-order valence-corrected chi connectivity index (χ1v) is 10.2. The van der Waals surface area contributed by atoms with Crippen LogP contribution in [0.25, 0.3) is 11.1 Å². The van der Waals surface area contributed by atoms with Crippen LogP contribution in [0.1, 0.15) is 5.56 Å². The van der Waals surface area contributed by atoms with Gasteiger partial charge in [-0.05, 0) is 23.8 Å². The second-order valence-corrected chi connectivity index (χ2v) is 7.10. The first kappa shape index (κ1) is 25.1. The Kier molecular flexibility index (Phi) is 7.61. The zero-order chi connectivity index (χ0) is 25.6. The normalized spacial score (nSPS) is 11.6. The highest BCUT2D eigenvalue weighted by Gasteiger charge is 2.30. The maximum absolute atomic E-state index is 13.1. The Morgan fingerprint density at radius 1 is 1.14 bits per heavy atom. The number of non-ortho nitro benzene ring substituents is 1. The highest BCUT2D eigenvalue weighted by molar-refractivity contribution is 5.88. The summed E-state index contributed by atoms with van der Waals surface area (Å²) in [6.07, 6.45) is -1.79. The maximum atomic E-state index is 13.1. The fraction of sp³-hybridized carbons (Fsp3) is 0.136. The second-order valence-electron chi connectivity index (χ2n) is 7.10. The Hall–Kier alpha value is -4.52. The Morgan fingerprint density at radius 3 is 2.40 bits per heavy atom. The van der Waals surface area contributed by atoms with Gasteiger partial charge in [0.2, 0.25) is 5.95 Å². The average molecular weight is 487 g/mol. The quantitative estimate of drug-likeness (QED) is 0.175. The molecule has 0 atom stereocenters. The molecule has 0 amide bonds. The monoisotopic (exact) mass is 487 g/mol. The van der Waals surface area contributed by atoms with E-state index in [4.69, 9.17) is 5.41 Å². The molecule has 0 bridgehead atoms. The Bertz CT molecular complexity index is 1260. The van der Waals surface area contributed by atoms with E-state index in [9.17, 15) is 23.3 Å². The van der Waals surface area contributed by atoms with Crippen LogP contribution in [0.5, 0.6) is 0 Å². The highest BCUT2D eigenvalue weighted by atomic mass is 19.4. The lowest BCUT2D eigenvalue weighted by molar-refractivity contribution is -0.556. The summed E-state index contributed by atoms with van der Waals surface area (Å²) < 4.78 is 39.2. The number of aromatic nitrogens is 2. The summed E-state index contributed by atoms with van der Waals surface area (Å²) in [5.74, 6) is 0.548. The number of benzene rings is 2. The molecule has 1 aromatic heterocycles. The zero-order valence-electron chi connectivity index (χ0n) is 18.6. The molecule has 10 nitrogen and oxygen atoms in total. The van der Waals surface area contributed by atoms with Gasteiger partial charge < -0.3 is 26.7 Å². The van der Waals surface area contributed by atoms with Crippen molar-refractivity contribution in [3.05, 3.63) is 76.1 Å². The lowest BCUT2D eigenvalue weighted by atomic mass is 10.0. The molecule has 2 aromatic carbocycles. The number of nitrogens with two attached hydrogens (primary N) is 1. The number of quaternary nitrogens is 1. The number of nitro benzene ring substituents is 1. The van der Waals surface area contributed by atoms with Crippen molar-refractivity contribution in [1.29, 1.82) is 5.41 Å². The van der Waals surface area contributed by atoms with Crippen molar-refractivity contribution in [3.63, 3.8) is 0 Å². The topological polar surface area (TPSA) is 145 Å².